The summed E-state index contributed by atoms with van der Waals surface area (Å²) in [5, 5.41) is 0. The molecule has 2 aromatic carbocycles. The Morgan fingerprint density at radius 1 is 1.00 bits per heavy atom. The van der Waals surface area contributed by atoms with Crippen LogP contribution in [-0.2, 0) is 37.5 Å². The summed E-state index contributed by atoms with van der Waals surface area (Å²) < 4.78 is 5.59. The molecule has 2 unspecified atom stereocenters. The van der Waals surface area contributed by atoms with Gasteiger partial charge in [0.15, 0.2) is 0 Å². The Hall–Kier alpha value is -0.950. The van der Waals surface area contributed by atoms with E-state index in [2.05, 4.69) is 84.7 Å². The fourth-order valence-corrected chi connectivity index (χ4v) is 12.0. The third-order valence-corrected chi connectivity index (χ3v) is 15.3. The molecule has 2 aliphatic carbocycles. The normalized spacial score (nSPS) is 23.6. The van der Waals surface area contributed by atoms with Crippen molar-refractivity contribution < 1.29 is 21.4 Å². The van der Waals surface area contributed by atoms with Crippen molar-refractivity contribution in [3.8, 4) is 0 Å². The van der Waals surface area contributed by atoms with Gasteiger partial charge in [-0.05, 0) is 0 Å². The van der Waals surface area contributed by atoms with Gasteiger partial charge in [-0.3, -0.25) is 0 Å². The molecule has 0 spiro atoms. The van der Waals surface area contributed by atoms with E-state index < -0.39 is 21.4 Å². The zero-order chi connectivity index (χ0) is 18.5. The van der Waals surface area contributed by atoms with Crippen molar-refractivity contribution in [2.45, 2.75) is 58.5 Å². The Labute approximate surface area is 167 Å². The van der Waals surface area contributed by atoms with Crippen LogP contribution in [-0.4, -0.2) is 0 Å². The molecular formula is C25H31Hf. The summed E-state index contributed by atoms with van der Waals surface area (Å²) in [4.78, 5) is 0. The zero-order valence-electron chi connectivity index (χ0n) is 16.9. The molecule has 1 heteroatoms. The summed E-state index contributed by atoms with van der Waals surface area (Å²) in [6, 6.07) is 16.3. The number of hydrogen-bond acceptors (Lipinski definition) is 0. The Balaban J connectivity index is 1.73. The van der Waals surface area contributed by atoms with Gasteiger partial charge in [0.2, 0.25) is 0 Å². The molecular weight excluding hydrogens is 479 g/mol. The van der Waals surface area contributed by atoms with E-state index in [0.29, 0.717) is 14.5 Å². The van der Waals surface area contributed by atoms with Gasteiger partial charge in [0.1, 0.15) is 0 Å². The van der Waals surface area contributed by atoms with E-state index in [-0.39, 0.29) is 0 Å². The topological polar surface area (TPSA) is 0 Å². The fraction of sp³-hybridized carbons (Fsp3) is 0.440. The Kier molecular flexibility index (Phi) is 4.66. The van der Waals surface area contributed by atoms with Crippen molar-refractivity contribution in [3.63, 3.8) is 0 Å². The molecule has 0 radical (unpaired) electrons. The number of allylic oxidation sites excluding steroid dienone is 1. The molecule has 0 fully saturated rings. The predicted octanol–water partition coefficient (Wildman–Crippen LogP) is 6.94. The second kappa shape index (κ2) is 6.59. The maximum atomic E-state index is 2.62. The summed E-state index contributed by atoms with van der Waals surface area (Å²) in [6.45, 7) is 7.26. The fourth-order valence-electron chi connectivity index (χ4n) is 5.18. The standard InChI is InChI=1S/C23H25.2CH3.Hf/c1-16(17-7-5-4-6-8-17)11-18-9-10-19-12-20-14-23(2,3)15-21(20)13-22(18)19;;;/h4-10,12-13,16H,11,14-15H2,1-3H3;2*1H3;. The van der Waals surface area contributed by atoms with Crippen LogP contribution < -0.4 is 0 Å². The Morgan fingerprint density at radius 3 is 2.31 bits per heavy atom. The van der Waals surface area contributed by atoms with Crippen molar-refractivity contribution in [3.05, 3.63) is 76.4 Å². The predicted molar refractivity (Wildman–Crippen MR) is 110 cm³/mol. The van der Waals surface area contributed by atoms with E-state index in [1.165, 1.54) is 30.4 Å². The van der Waals surface area contributed by atoms with Gasteiger partial charge in [-0.25, -0.2) is 0 Å². The van der Waals surface area contributed by atoms with Crippen molar-refractivity contribution in [2.75, 3.05) is 0 Å². The number of benzene rings is 2. The van der Waals surface area contributed by atoms with E-state index in [1.807, 2.05) is 0 Å². The Bertz CT molecular complexity index is 844. The minimum absolute atomic E-state index is 0.372. The quantitative estimate of drug-likeness (QED) is 0.391. The Morgan fingerprint density at radius 2 is 1.65 bits per heavy atom. The van der Waals surface area contributed by atoms with Crippen LogP contribution in [0.15, 0.2) is 48.5 Å². The average molecular weight is 510 g/mol. The third kappa shape index (κ3) is 3.11. The van der Waals surface area contributed by atoms with Gasteiger partial charge >= 0.3 is 168 Å². The van der Waals surface area contributed by atoms with Gasteiger partial charge in [0, 0.05) is 0 Å². The van der Waals surface area contributed by atoms with Gasteiger partial charge in [-0.2, -0.15) is 0 Å². The van der Waals surface area contributed by atoms with Gasteiger partial charge in [0.05, 0.1) is 0 Å². The van der Waals surface area contributed by atoms with Gasteiger partial charge < -0.3 is 0 Å². The van der Waals surface area contributed by atoms with E-state index >= 15 is 0 Å². The molecule has 0 aliphatic heterocycles. The first-order valence-electron chi connectivity index (χ1n) is 10.0. The molecule has 0 nitrogen and oxygen atoms in total. The first-order valence-corrected chi connectivity index (χ1v) is 19.0. The average Bonchev–Trinajstić information content (AvgIpc) is 3.09. The van der Waals surface area contributed by atoms with Crippen molar-refractivity contribution in [2.24, 2.45) is 5.41 Å². The van der Waals surface area contributed by atoms with Gasteiger partial charge in [-0.15, -0.1) is 0 Å². The van der Waals surface area contributed by atoms with E-state index in [0.717, 1.165) is 0 Å². The molecule has 135 valence electrons. The van der Waals surface area contributed by atoms with Gasteiger partial charge in [-0.1, -0.05) is 0 Å². The van der Waals surface area contributed by atoms with E-state index in [1.54, 1.807) is 16.7 Å². The van der Waals surface area contributed by atoms with E-state index in [9.17, 15) is 0 Å². The van der Waals surface area contributed by atoms with E-state index in [4.69, 9.17) is 0 Å². The molecule has 0 heterocycles. The maximum absolute atomic E-state index is 2.62. The van der Waals surface area contributed by atoms with Gasteiger partial charge in [0.25, 0.3) is 0 Å². The summed E-state index contributed by atoms with van der Waals surface area (Å²) >= 11 is -1.73. The van der Waals surface area contributed by atoms with Crippen LogP contribution in [0.3, 0.4) is 0 Å². The van der Waals surface area contributed by atoms with Crippen LogP contribution in [0.1, 0.15) is 60.9 Å². The molecule has 2 atom stereocenters. The second-order valence-corrected chi connectivity index (χ2v) is 19.9. The monoisotopic (exact) mass is 511 g/mol. The van der Waals surface area contributed by atoms with Crippen LogP contribution in [0.5, 0.6) is 0 Å². The number of fused-ring (bicyclic) bond motifs is 2. The molecule has 2 aliphatic rings. The second-order valence-electron chi connectivity index (χ2n) is 9.55. The molecule has 0 bridgehead atoms. The first-order chi connectivity index (χ1) is 12.3. The van der Waals surface area contributed by atoms with Crippen LogP contribution in [0.2, 0.25) is 9.36 Å². The number of hydrogen-bond donors (Lipinski definition) is 0. The van der Waals surface area contributed by atoms with Crippen molar-refractivity contribution in [1.82, 2.24) is 0 Å². The summed E-state index contributed by atoms with van der Waals surface area (Å²) in [5.41, 5.74) is 8.34. The molecule has 0 N–H and O–H groups in total. The van der Waals surface area contributed by atoms with Crippen LogP contribution >= 0.6 is 0 Å². The summed E-state index contributed by atoms with van der Waals surface area (Å²) in [6.07, 6.45) is 8.82. The third-order valence-electron chi connectivity index (χ3n) is 6.63. The molecule has 4 rings (SSSR count). The zero-order valence-corrected chi connectivity index (χ0v) is 20.5. The summed E-state index contributed by atoms with van der Waals surface area (Å²) in [5.74, 6) is 0.608. The molecule has 0 saturated carbocycles. The molecule has 2 aromatic rings. The van der Waals surface area contributed by atoms with Crippen LogP contribution in [0, 0.1) is 5.41 Å². The number of rotatable bonds is 4. The molecule has 0 aromatic heterocycles. The van der Waals surface area contributed by atoms with Crippen LogP contribution in [0.25, 0.3) is 6.08 Å². The SMILES string of the molecule is CC(C[C]1([Hf]([CH3])[CH3])C=Cc2cc3c(cc21)CC(C)(C)C3)c1ccccc1. The molecule has 0 saturated heterocycles. The van der Waals surface area contributed by atoms with Crippen LogP contribution in [0.4, 0.5) is 0 Å². The molecule has 26 heavy (non-hydrogen) atoms. The van der Waals surface area contributed by atoms with Crippen molar-refractivity contribution in [1.29, 1.82) is 0 Å². The van der Waals surface area contributed by atoms with Crippen molar-refractivity contribution >= 4 is 6.08 Å². The first kappa shape index (κ1) is 18.4. The summed E-state index contributed by atoms with van der Waals surface area (Å²) in [7, 11) is 0. The molecule has 0 amide bonds. The minimum atomic E-state index is -1.73.